The lowest BCUT2D eigenvalue weighted by molar-refractivity contribution is -0.274. The molecule has 11 heteroatoms. The van der Waals surface area contributed by atoms with Gasteiger partial charge in [-0.15, -0.1) is 13.2 Å². The third-order valence-corrected chi connectivity index (χ3v) is 7.64. The molecule has 0 bridgehead atoms. The Kier molecular flexibility index (Phi) is 10.0. The van der Waals surface area contributed by atoms with Crippen LogP contribution in [-0.4, -0.2) is 34.2 Å². The third kappa shape index (κ3) is 8.81. The first kappa shape index (κ1) is 30.1. The number of hydrogen-bond donors (Lipinski definition) is 1. The maximum atomic E-state index is 12.5. The maximum absolute atomic E-state index is 12.5. The fraction of sp³-hybridized carbons (Fsp3) is 0.367. The van der Waals surface area contributed by atoms with E-state index in [2.05, 4.69) is 44.0 Å². The highest BCUT2D eigenvalue weighted by Gasteiger charge is 2.31. The Bertz CT molecular complexity index is 1430. The van der Waals surface area contributed by atoms with Gasteiger partial charge >= 0.3 is 12.3 Å². The number of carbonyl (C=O) groups excluding carboxylic acids is 2. The summed E-state index contributed by atoms with van der Waals surface area (Å²) in [4.78, 5) is 28.6. The Balaban J connectivity index is 0.000000585. The quantitative estimate of drug-likeness (QED) is 0.226. The average molecular weight is 588 g/mol. The van der Waals surface area contributed by atoms with E-state index in [9.17, 15) is 22.8 Å². The van der Waals surface area contributed by atoms with Gasteiger partial charge in [0.25, 0.3) is 5.91 Å². The van der Waals surface area contributed by atoms with Crippen molar-refractivity contribution in [2.24, 2.45) is 0 Å². The molecule has 0 unspecified atom stereocenters. The minimum absolute atomic E-state index is 0.0532. The number of halogens is 3. The summed E-state index contributed by atoms with van der Waals surface area (Å²) < 4.78 is 47.4. The van der Waals surface area contributed by atoms with Crippen LogP contribution in [0.5, 0.6) is 5.75 Å². The number of aromatic nitrogens is 2. The molecule has 2 heterocycles. The Morgan fingerprint density at radius 3 is 2.41 bits per heavy atom. The van der Waals surface area contributed by atoms with E-state index in [1.54, 1.807) is 19.2 Å². The fourth-order valence-corrected chi connectivity index (χ4v) is 5.69. The van der Waals surface area contributed by atoms with E-state index >= 15 is 0 Å². The molecule has 0 atom stereocenters. The zero-order valence-corrected chi connectivity index (χ0v) is 23.7. The summed E-state index contributed by atoms with van der Waals surface area (Å²) in [6, 6.07) is 14.3. The standard InChI is InChI=1S/C26H24F3N3O2S.C4H8O2/c27-26(28,29)34-21-8-4-5-17(13-21)14-30-24(33)22-15-32-16-23(35-25(32)31-22)20-11-9-19(10-12-20)18-6-2-1-3-7-18;1-3-6-4(2)5/h4-5,8-13,15-16,18H,1-3,6-7,14H2,(H,30,33);3H2,1-2H3. The van der Waals surface area contributed by atoms with E-state index < -0.39 is 12.3 Å². The molecule has 2 aromatic heterocycles. The van der Waals surface area contributed by atoms with Crippen LogP contribution < -0.4 is 10.1 Å². The molecule has 1 fully saturated rings. The van der Waals surface area contributed by atoms with Gasteiger partial charge in [-0.3, -0.25) is 14.0 Å². The van der Waals surface area contributed by atoms with Crippen molar-refractivity contribution in [3.05, 3.63) is 77.7 Å². The van der Waals surface area contributed by atoms with E-state index in [0.717, 1.165) is 10.4 Å². The van der Waals surface area contributed by atoms with Gasteiger partial charge in [0.2, 0.25) is 0 Å². The Hall–Kier alpha value is -3.86. The molecular formula is C30H32F3N3O4S. The van der Waals surface area contributed by atoms with Gasteiger partial charge in [0, 0.05) is 25.9 Å². The Labute approximate surface area is 240 Å². The molecule has 0 radical (unpaired) electrons. The molecule has 218 valence electrons. The summed E-state index contributed by atoms with van der Waals surface area (Å²) in [5, 5.41) is 2.69. The monoisotopic (exact) mass is 587 g/mol. The number of ether oxygens (including phenoxy) is 2. The molecule has 1 aliphatic carbocycles. The molecule has 7 nitrogen and oxygen atoms in total. The van der Waals surface area contributed by atoms with Crippen molar-refractivity contribution in [3.63, 3.8) is 0 Å². The van der Waals surface area contributed by atoms with Crippen LogP contribution in [0, 0.1) is 0 Å². The van der Waals surface area contributed by atoms with Gasteiger partial charge in [-0.25, -0.2) is 4.98 Å². The number of thiazole rings is 1. The number of carbonyl (C=O) groups is 2. The minimum Gasteiger partial charge on any atom is -0.466 e. The van der Waals surface area contributed by atoms with Crippen LogP contribution in [0.15, 0.2) is 60.9 Å². The lowest BCUT2D eigenvalue weighted by Crippen LogP contribution is -2.23. The predicted molar refractivity (Wildman–Crippen MR) is 151 cm³/mol. The van der Waals surface area contributed by atoms with Crippen molar-refractivity contribution < 1.29 is 32.2 Å². The number of rotatable bonds is 7. The lowest BCUT2D eigenvalue weighted by atomic mass is 9.84. The number of nitrogens with zero attached hydrogens (tertiary/aromatic N) is 2. The van der Waals surface area contributed by atoms with Crippen molar-refractivity contribution >= 4 is 28.2 Å². The molecule has 0 aliphatic heterocycles. The van der Waals surface area contributed by atoms with Crippen LogP contribution >= 0.6 is 11.3 Å². The number of fused-ring (bicyclic) bond motifs is 1. The largest absolute Gasteiger partial charge is 0.573 e. The van der Waals surface area contributed by atoms with Crippen molar-refractivity contribution in [2.45, 2.75) is 64.8 Å². The van der Waals surface area contributed by atoms with Gasteiger partial charge in [-0.05, 0) is 54.5 Å². The van der Waals surface area contributed by atoms with Crippen molar-refractivity contribution in [2.75, 3.05) is 6.61 Å². The molecule has 1 N–H and O–H groups in total. The molecule has 4 aromatic rings. The summed E-state index contributed by atoms with van der Waals surface area (Å²) in [5.74, 6) is -0.274. The van der Waals surface area contributed by atoms with Gasteiger partial charge in [0.15, 0.2) is 4.96 Å². The second kappa shape index (κ2) is 13.7. The maximum Gasteiger partial charge on any atom is 0.573 e. The van der Waals surface area contributed by atoms with Crippen molar-refractivity contribution in [1.82, 2.24) is 14.7 Å². The van der Waals surface area contributed by atoms with Crippen LogP contribution in [-0.2, 0) is 16.1 Å². The minimum atomic E-state index is -4.76. The molecule has 5 rings (SSSR count). The number of hydrogen-bond acceptors (Lipinski definition) is 6. The van der Waals surface area contributed by atoms with Gasteiger partial charge in [-0.1, -0.05) is 67.0 Å². The van der Waals surface area contributed by atoms with Gasteiger partial charge in [-0.2, -0.15) is 0 Å². The topological polar surface area (TPSA) is 81.9 Å². The van der Waals surface area contributed by atoms with Gasteiger partial charge in [0.05, 0.1) is 11.5 Å². The Morgan fingerprint density at radius 1 is 1.07 bits per heavy atom. The number of alkyl halides is 3. The number of benzene rings is 2. The molecule has 1 amide bonds. The van der Waals surface area contributed by atoms with Crippen LogP contribution in [0.4, 0.5) is 13.2 Å². The second-order valence-corrected chi connectivity index (χ2v) is 10.7. The predicted octanol–water partition coefficient (Wildman–Crippen LogP) is 7.51. The number of imidazole rings is 1. The highest BCUT2D eigenvalue weighted by Crippen LogP contribution is 2.35. The molecule has 2 aromatic carbocycles. The number of esters is 1. The zero-order valence-electron chi connectivity index (χ0n) is 22.9. The number of amides is 1. The van der Waals surface area contributed by atoms with E-state index in [1.165, 1.54) is 74.1 Å². The zero-order chi connectivity index (χ0) is 29.4. The van der Waals surface area contributed by atoms with E-state index in [0.29, 0.717) is 23.0 Å². The van der Waals surface area contributed by atoms with Gasteiger partial charge < -0.3 is 14.8 Å². The van der Waals surface area contributed by atoms with Crippen molar-refractivity contribution in [1.29, 1.82) is 0 Å². The lowest BCUT2D eigenvalue weighted by Gasteiger charge is -2.22. The first-order valence-corrected chi connectivity index (χ1v) is 14.3. The highest BCUT2D eigenvalue weighted by molar-refractivity contribution is 7.20. The van der Waals surface area contributed by atoms with Crippen LogP contribution in [0.2, 0.25) is 0 Å². The Morgan fingerprint density at radius 2 is 1.80 bits per heavy atom. The molecule has 0 spiro atoms. The molecule has 1 aliphatic rings. The average Bonchev–Trinajstić information content (AvgIpc) is 3.52. The molecular weight excluding hydrogens is 555 g/mol. The SMILES string of the molecule is CCOC(C)=O.O=C(NCc1cccc(OC(F)(F)F)c1)c1cn2cc(-c3ccc(C4CCCCC4)cc3)sc2n1. The molecule has 1 saturated carbocycles. The van der Waals surface area contributed by atoms with E-state index in [-0.39, 0.29) is 24.0 Å². The third-order valence-electron chi connectivity index (χ3n) is 6.59. The summed E-state index contributed by atoms with van der Waals surface area (Å²) in [7, 11) is 0. The summed E-state index contributed by atoms with van der Waals surface area (Å²) in [6.45, 7) is 3.71. The van der Waals surface area contributed by atoms with Crippen molar-refractivity contribution in [3.8, 4) is 16.2 Å². The molecule has 41 heavy (non-hydrogen) atoms. The fourth-order valence-electron chi connectivity index (χ4n) is 4.72. The summed E-state index contributed by atoms with van der Waals surface area (Å²) >= 11 is 1.50. The summed E-state index contributed by atoms with van der Waals surface area (Å²) in [5.41, 5.74) is 3.26. The smallest absolute Gasteiger partial charge is 0.466 e. The van der Waals surface area contributed by atoms with E-state index in [4.69, 9.17) is 0 Å². The first-order valence-electron chi connectivity index (χ1n) is 13.5. The van der Waals surface area contributed by atoms with Crippen LogP contribution in [0.1, 0.15) is 73.5 Å². The van der Waals surface area contributed by atoms with Crippen LogP contribution in [0.25, 0.3) is 15.4 Å². The highest BCUT2D eigenvalue weighted by atomic mass is 32.1. The van der Waals surface area contributed by atoms with Gasteiger partial charge in [0.1, 0.15) is 11.4 Å². The normalized spacial score (nSPS) is 13.8. The van der Waals surface area contributed by atoms with Crippen LogP contribution in [0.3, 0.4) is 0 Å². The first-order chi connectivity index (χ1) is 19.6. The number of nitrogens with one attached hydrogen (secondary N) is 1. The summed E-state index contributed by atoms with van der Waals surface area (Å²) in [6.07, 6.45) is 5.34. The molecule has 0 saturated heterocycles. The second-order valence-electron chi connectivity index (χ2n) is 9.67. The van der Waals surface area contributed by atoms with E-state index in [1.807, 2.05) is 10.6 Å².